The first-order valence-corrected chi connectivity index (χ1v) is 16.4. The lowest BCUT2D eigenvalue weighted by molar-refractivity contribution is -0.152. The summed E-state index contributed by atoms with van der Waals surface area (Å²) in [5.41, 5.74) is 0. The summed E-state index contributed by atoms with van der Waals surface area (Å²) < 4.78 is 10.2. The van der Waals surface area contributed by atoms with Gasteiger partial charge in [-0.2, -0.15) is 0 Å². The minimum Gasteiger partial charge on any atom is -0.463 e. The van der Waals surface area contributed by atoms with Crippen LogP contribution in [-0.2, 0) is 19.1 Å². The fourth-order valence-corrected chi connectivity index (χ4v) is 4.74. The van der Waals surface area contributed by atoms with Crippen LogP contribution in [0.15, 0.2) is 0 Å². The maximum absolute atomic E-state index is 11.9. The molecule has 0 fully saturated rings. The molecule has 0 bridgehead atoms. The van der Waals surface area contributed by atoms with Crippen LogP contribution in [0.2, 0.25) is 0 Å². The minimum absolute atomic E-state index is 0.110. The summed E-state index contributed by atoms with van der Waals surface area (Å²) in [5, 5.41) is 9.87. The van der Waals surface area contributed by atoms with Crippen LogP contribution in [0.25, 0.3) is 0 Å². The van der Waals surface area contributed by atoms with Crippen LogP contribution in [0.5, 0.6) is 0 Å². The zero-order valence-corrected chi connectivity index (χ0v) is 25.6. The van der Waals surface area contributed by atoms with Gasteiger partial charge in [0.2, 0.25) is 0 Å². The quantitative estimate of drug-likeness (QED) is 0.0755. The SMILES string of the molecule is CCCCCCCC(=O)OC[C@H](O)COC(=O)CCCCCCCCCCCCCCCCCCC(C)C. The third-order valence-corrected chi connectivity index (χ3v) is 7.27. The van der Waals surface area contributed by atoms with Gasteiger partial charge in [-0.25, -0.2) is 0 Å². The van der Waals surface area contributed by atoms with Gasteiger partial charge in [-0.15, -0.1) is 0 Å². The Kier molecular flexibility index (Phi) is 28.1. The second-order valence-electron chi connectivity index (χ2n) is 11.8. The van der Waals surface area contributed by atoms with Gasteiger partial charge >= 0.3 is 11.9 Å². The Labute approximate surface area is 236 Å². The molecule has 5 nitrogen and oxygen atoms in total. The van der Waals surface area contributed by atoms with E-state index < -0.39 is 6.10 Å². The molecule has 0 saturated carbocycles. The highest BCUT2D eigenvalue weighted by molar-refractivity contribution is 5.69. The minimum atomic E-state index is -0.951. The number of aliphatic hydroxyl groups is 1. The fraction of sp³-hybridized carbons (Fsp3) is 0.939. The molecular formula is C33H64O5. The first-order valence-electron chi connectivity index (χ1n) is 16.4. The molecule has 1 atom stereocenters. The number of unbranched alkanes of at least 4 members (excludes halogenated alkanes) is 19. The van der Waals surface area contributed by atoms with Crippen LogP contribution in [0.3, 0.4) is 0 Å². The number of esters is 2. The van der Waals surface area contributed by atoms with Gasteiger partial charge in [-0.1, -0.05) is 149 Å². The maximum atomic E-state index is 11.9. The highest BCUT2D eigenvalue weighted by Crippen LogP contribution is 2.15. The first-order chi connectivity index (χ1) is 18.5. The molecule has 0 aliphatic carbocycles. The molecule has 0 aromatic carbocycles. The fourth-order valence-electron chi connectivity index (χ4n) is 4.74. The number of aliphatic hydroxyl groups excluding tert-OH is 1. The van der Waals surface area contributed by atoms with Crippen molar-refractivity contribution >= 4 is 11.9 Å². The maximum Gasteiger partial charge on any atom is 0.305 e. The third kappa shape index (κ3) is 29.5. The van der Waals surface area contributed by atoms with Crippen molar-refractivity contribution in [3.63, 3.8) is 0 Å². The van der Waals surface area contributed by atoms with Crippen molar-refractivity contribution < 1.29 is 24.2 Å². The topological polar surface area (TPSA) is 72.8 Å². The average Bonchev–Trinajstić information content (AvgIpc) is 2.89. The van der Waals surface area contributed by atoms with Gasteiger partial charge < -0.3 is 14.6 Å². The zero-order chi connectivity index (χ0) is 28.1. The number of carbonyl (C=O) groups excluding carboxylic acids is 2. The average molecular weight is 541 g/mol. The van der Waals surface area contributed by atoms with Gasteiger partial charge in [-0.3, -0.25) is 9.59 Å². The predicted octanol–water partition coefficient (Wildman–Crippen LogP) is 9.47. The lowest BCUT2D eigenvalue weighted by Crippen LogP contribution is -2.25. The van der Waals surface area contributed by atoms with Crippen molar-refractivity contribution in [3.05, 3.63) is 0 Å². The van der Waals surface area contributed by atoms with E-state index in [1.54, 1.807) is 0 Å². The Hall–Kier alpha value is -1.10. The van der Waals surface area contributed by atoms with E-state index in [0.717, 1.165) is 38.0 Å². The van der Waals surface area contributed by atoms with Gasteiger partial charge in [0.15, 0.2) is 0 Å². The summed E-state index contributed by atoms with van der Waals surface area (Å²) in [5.74, 6) is 0.289. The van der Waals surface area contributed by atoms with Gasteiger partial charge in [0, 0.05) is 12.8 Å². The summed E-state index contributed by atoms with van der Waals surface area (Å²) in [6, 6.07) is 0. The van der Waals surface area contributed by atoms with Crippen LogP contribution < -0.4 is 0 Å². The molecule has 0 aliphatic rings. The van der Waals surface area contributed by atoms with E-state index >= 15 is 0 Å². The standard InChI is InChI=1S/C33H64O5/c1-4-5-6-19-23-26-32(35)37-28-31(34)29-38-33(36)27-24-21-18-16-14-12-10-8-7-9-11-13-15-17-20-22-25-30(2)3/h30-31,34H,4-29H2,1-3H3/t31-/m0/s1. The van der Waals surface area contributed by atoms with Gasteiger partial charge in [0.1, 0.15) is 19.3 Å². The summed E-state index contributed by atoms with van der Waals surface area (Å²) in [4.78, 5) is 23.5. The van der Waals surface area contributed by atoms with Crippen LogP contribution in [-0.4, -0.2) is 36.4 Å². The molecule has 0 aliphatic heterocycles. The number of rotatable bonds is 29. The lowest BCUT2D eigenvalue weighted by atomic mass is 10.0. The molecule has 0 amide bonds. The Bertz CT molecular complexity index is 520. The largest absolute Gasteiger partial charge is 0.463 e. The molecule has 0 spiro atoms. The highest BCUT2D eigenvalue weighted by Gasteiger charge is 2.12. The lowest BCUT2D eigenvalue weighted by Gasteiger charge is -2.12. The van der Waals surface area contributed by atoms with Gasteiger partial charge in [0.05, 0.1) is 0 Å². The van der Waals surface area contributed by atoms with Gasteiger partial charge in [-0.05, 0) is 18.8 Å². The van der Waals surface area contributed by atoms with E-state index in [-0.39, 0.29) is 25.2 Å². The summed E-state index contributed by atoms with van der Waals surface area (Å²) in [7, 11) is 0. The molecule has 0 aromatic rings. The number of ether oxygens (including phenoxy) is 2. The van der Waals surface area contributed by atoms with Crippen molar-refractivity contribution in [3.8, 4) is 0 Å². The molecule has 0 rings (SSSR count). The molecule has 0 heterocycles. The number of carbonyl (C=O) groups is 2. The second-order valence-corrected chi connectivity index (χ2v) is 11.8. The first kappa shape index (κ1) is 36.9. The predicted molar refractivity (Wildman–Crippen MR) is 159 cm³/mol. The van der Waals surface area contributed by atoms with Crippen molar-refractivity contribution in [1.29, 1.82) is 0 Å². The molecule has 38 heavy (non-hydrogen) atoms. The molecule has 0 aromatic heterocycles. The second kappa shape index (κ2) is 28.9. The summed E-state index contributed by atoms with van der Waals surface area (Å²) >= 11 is 0. The Morgan fingerprint density at radius 1 is 0.526 bits per heavy atom. The van der Waals surface area contributed by atoms with Crippen molar-refractivity contribution in [2.75, 3.05) is 13.2 Å². The Morgan fingerprint density at radius 3 is 1.18 bits per heavy atom. The van der Waals surface area contributed by atoms with Crippen LogP contribution in [0.4, 0.5) is 0 Å². The summed E-state index contributed by atoms with van der Waals surface area (Å²) in [6.07, 6.45) is 27.6. The Balaban J connectivity index is 3.33. The highest BCUT2D eigenvalue weighted by atomic mass is 16.6. The van der Waals surface area contributed by atoms with Crippen molar-refractivity contribution in [2.24, 2.45) is 5.92 Å². The molecule has 0 radical (unpaired) electrons. The smallest absolute Gasteiger partial charge is 0.305 e. The third-order valence-electron chi connectivity index (χ3n) is 7.27. The molecule has 0 saturated heterocycles. The molecule has 5 heteroatoms. The van der Waals surface area contributed by atoms with Crippen LogP contribution in [0.1, 0.15) is 175 Å². The van der Waals surface area contributed by atoms with E-state index in [0.29, 0.717) is 12.8 Å². The van der Waals surface area contributed by atoms with Gasteiger partial charge in [0.25, 0.3) is 0 Å². The zero-order valence-electron chi connectivity index (χ0n) is 25.6. The summed E-state index contributed by atoms with van der Waals surface area (Å²) in [6.45, 7) is 6.57. The van der Waals surface area contributed by atoms with E-state index in [4.69, 9.17) is 9.47 Å². The monoisotopic (exact) mass is 540 g/mol. The Morgan fingerprint density at radius 2 is 0.842 bits per heavy atom. The molecule has 1 N–H and O–H groups in total. The van der Waals surface area contributed by atoms with E-state index in [2.05, 4.69) is 20.8 Å². The van der Waals surface area contributed by atoms with Crippen LogP contribution >= 0.6 is 0 Å². The van der Waals surface area contributed by atoms with Crippen LogP contribution in [0, 0.1) is 5.92 Å². The molecule has 226 valence electrons. The molecular weight excluding hydrogens is 476 g/mol. The normalized spacial score (nSPS) is 12.1. The van der Waals surface area contributed by atoms with E-state index in [9.17, 15) is 14.7 Å². The van der Waals surface area contributed by atoms with Crippen molar-refractivity contribution in [1.82, 2.24) is 0 Å². The van der Waals surface area contributed by atoms with Crippen molar-refractivity contribution in [2.45, 2.75) is 181 Å². The number of hydrogen-bond acceptors (Lipinski definition) is 5. The van der Waals surface area contributed by atoms with E-state index in [1.165, 1.54) is 109 Å². The van der Waals surface area contributed by atoms with E-state index in [1.807, 2.05) is 0 Å². The number of hydrogen-bond donors (Lipinski definition) is 1. The molecule has 0 unspecified atom stereocenters.